The fraction of sp³-hybridized carbons (Fsp3) is 0.267. The molecule has 0 radical (unpaired) electrons. The molecule has 0 atom stereocenters. The van der Waals surface area contributed by atoms with Crippen LogP contribution < -0.4 is 0 Å². The van der Waals surface area contributed by atoms with E-state index in [2.05, 4.69) is 15.9 Å². The van der Waals surface area contributed by atoms with E-state index < -0.39 is 14.9 Å². The van der Waals surface area contributed by atoms with Crippen LogP contribution in [0, 0.1) is 10.1 Å². The zero-order valence-electron chi connectivity index (χ0n) is 13.4. The van der Waals surface area contributed by atoms with Crippen molar-refractivity contribution in [3.05, 3.63) is 56.9 Å². The Hall–Kier alpha value is -2.24. The van der Waals surface area contributed by atoms with Gasteiger partial charge in [-0.1, -0.05) is 0 Å². The number of piperazine rings is 1. The topological polar surface area (TPSA) is 114 Å². The largest absolute Gasteiger partial charge is 0.444 e. The fourth-order valence-corrected chi connectivity index (χ4v) is 4.33. The number of sulfonamides is 1. The molecule has 3 rings (SSSR count). The van der Waals surface area contributed by atoms with Crippen LogP contribution in [0.5, 0.6) is 0 Å². The highest BCUT2D eigenvalue weighted by Crippen LogP contribution is 2.22. The molecule has 1 aromatic carbocycles. The summed E-state index contributed by atoms with van der Waals surface area (Å²) < 4.78 is 32.2. The molecule has 138 valence electrons. The summed E-state index contributed by atoms with van der Waals surface area (Å²) in [5, 5.41) is 10.7. The monoisotopic (exact) mass is 443 g/mol. The molecule has 2 heterocycles. The Morgan fingerprint density at radius 1 is 1.08 bits per heavy atom. The predicted octanol–water partition coefficient (Wildman–Crippen LogP) is 2.10. The lowest BCUT2D eigenvalue weighted by Crippen LogP contribution is -2.50. The first kappa shape index (κ1) is 18.5. The number of carbonyl (C=O) groups excluding carboxylic acids is 1. The Balaban J connectivity index is 1.68. The van der Waals surface area contributed by atoms with Gasteiger partial charge in [0, 0.05) is 38.3 Å². The average molecular weight is 444 g/mol. The first-order chi connectivity index (χ1) is 12.3. The molecule has 11 heteroatoms. The van der Waals surface area contributed by atoms with Crippen molar-refractivity contribution in [2.75, 3.05) is 26.2 Å². The van der Waals surface area contributed by atoms with Crippen LogP contribution in [0.15, 0.2) is 50.4 Å². The van der Waals surface area contributed by atoms with E-state index in [-0.39, 0.29) is 48.4 Å². The first-order valence-electron chi connectivity index (χ1n) is 7.58. The molecule has 1 aliphatic rings. The smallest absolute Gasteiger partial charge is 0.289 e. The highest BCUT2D eigenvalue weighted by Gasteiger charge is 2.31. The van der Waals surface area contributed by atoms with Crippen LogP contribution in [-0.2, 0) is 10.0 Å². The lowest BCUT2D eigenvalue weighted by molar-refractivity contribution is -0.384. The molecule has 0 aliphatic carbocycles. The zero-order chi connectivity index (χ0) is 18.9. The van der Waals surface area contributed by atoms with Gasteiger partial charge in [-0.3, -0.25) is 14.9 Å². The molecular formula is C15H14BrN3O6S. The fourth-order valence-electron chi connectivity index (χ4n) is 2.61. The summed E-state index contributed by atoms with van der Waals surface area (Å²) in [4.78, 5) is 23.9. The van der Waals surface area contributed by atoms with Crippen LogP contribution >= 0.6 is 15.9 Å². The van der Waals surface area contributed by atoms with Crippen molar-refractivity contribution in [3.63, 3.8) is 0 Å². The predicted molar refractivity (Wildman–Crippen MR) is 94.2 cm³/mol. The van der Waals surface area contributed by atoms with Crippen molar-refractivity contribution in [1.82, 2.24) is 9.21 Å². The standard InChI is InChI=1S/C15H14BrN3O6S/c16-14-6-5-13(25-14)15(20)17-7-9-18(10-8-17)26(23,24)12-3-1-11(2-4-12)19(21)22/h1-6H,7-10H2. The Morgan fingerprint density at radius 2 is 1.69 bits per heavy atom. The highest BCUT2D eigenvalue weighted by atomic mass is 79.9. The minimum Gasteiger partial charge on any atom is -0.444 e. The van der Waals surface area contributed by atoms with Gasteiger partial charge in [0.1, 0.15) is 0 Å². The second-order valence-electron chi connectivity index (χ2n) is 5.55. The molecule has 0 saturated carbocycles. The van der Waals surface area contributed by atoms with Gasteiger partial charge in [0.25, 0.3) is 11.6 Å². The molecule has 1 aromatic heterocycles. The normalized spacial score (nSPS) is 15.8. The molecule has 0 N–H and O–H groups in total. The summed E-state index contributed by atoms with van der Waals surface area (Å²) in [6, 6.07) is 7.90. The van der Waals surface area contributed by atoms with Crippen LogP contribution in [0.4, 0.5) is 5.69 Å². The third kappa shape index (κ3) is 3.64. The summed E-state index contributed by atoms with van der Waals surface area (Å²) in [6.07, 6.45) is 0. The quantitative estimate of drug-likeness (QED) is 0.527. The molecule has 1 fully saturated rings. The number of nitro benzene ring substituents is 1. The lowest BCUT2D eigenvalue weighted by Gasteiger charge is -2.33. The molecule has 1 saturated heterocycles. The molecule has 1 amide bonds. The van der Waals surface area contributed by atoms with Gasteiger partial charge in [0.05, 0.1) is 9.82 Å². The summed E-state index contributed by atoms with van der Waals surface area (Å²) in [7, 11) is -3.77. The number of hydrogen-bond acceptors (Lipinski definition) is 6. The summed E-state index contributed by atoms with van der Waals surface area (Å²) in [6.45, 7) is 0.715. The van der Waals surface area contributed by atoms with Crippen molar-refractivity contribution in [3.8, 4) is 0 Å². The minimum absolute atomic E-state index is 0.0159. The third-order valence-electron chi connectivity index (χ3n) is 4.00. The van der Waals surface area contributed by atoms with E-state index in [1.807, 2.05) is 0 Å². The van der Waals surface area contributed by atoms with Crippen LogP contribution in [0.2, 0.25) is 0 Å². The third-order valence-corrected chi connectivity index (χ3v) is 6.33. The van der Waals surface area contributed by atoms with E-state index >= 15 is 0 Å². The molecule has 2 aromatic rings. The van der Waals surface area contributed by atoms with Crippen molar-refractivity contribution in [2.45, 2.75) is 4.90 Å². The maximum atomic E-state index is 12.6. The lowest BCUT2D eigenvalue weighted by atomic mass is 10.3. The first-order valence-corrected chi connectivity index (χ1v) is 9.81. The molecule has 9 nitrogen and oxygen atoms in total. The van der Waals surface area contributed by atoms with Crippen molar-refractivity contribution >= 4 is 37.5 Å². The summed E-state index contributed by atoms with van der Waals surface area (Å²) in [5.41, 5.74) is -0.177. The average Bonchev–Trinajstić information content (AvgIpc) is 3.07. The zero-order valence-corrected chi connectivity index (χ0v) is 15.8. The van der Waals surface area contributed by atoms with Crippen LogP contribution in [0.1, 0.15) is 10.6 Å². The van der Waals surface area contributed by atoms with Gasteiger partial charge < -0.3 is 9.32 Å². The Morgan fingerprint density at radius 3 is 2.19 bits per heavy atom. The number of carbonyl (C=O) groups is 1. The number of halogens is 1. The summed E-state index contributed by atoms with van der Waals surface area (Å²) in [5.74, 6) is -0.119. The van der Waals surface area contributed by atoms with E-state index in [9.17, 15) is 23.3 Å². The van der Waals surface area contributed by atoms with Gasteiger partial charge in [-0.2, -0.15) is 4.31 Å². The molecule has 0 spiro atoms. The van der Waals surface area contributed by atoms with Gasteiger partial charge in [-0.15, -0.1) is 0 Å². The number of benzene rings is 1. The number of rotatable bonds is 4. The van der Waals surface area contributed by atoms with E-state index in [1.54, 1.807) is 12.1 Å². The van der Waals surface area contributed by atoms with Gasteiger partial charge >= 0.3 is 0 Å². The number of nitrogens with zero attached hydrogens (tertiary/aromatic N) is 3. The minimum atomic E-state index is -3.77. The van der Waals surface area contributed by atoms with Crippen molar-refractivity contribution in [1.29, 1.82) is 0 Å². The molecule has 1 aliphatic heterocycles. The Bertz CT molecular complexity index is 933. The maximum absolute atomic E-state index is 12.6. The summed E-state index contributed by atoms with van der Waals surface area (Å²) >= 11 is 3.13. The molecular weight excluding hydrogens is 430 g/mol. The van der Waals surface area contributed by atoms with E-state index in [1.165, 1.54) is 21.3 Å². The maximum Gasteiger partial charge on any atom is 0.289 e. The van der Waals surface area contributed by atoms with Crippen molar-refractivity contribution in [2.24, 2.45) is 0 Å². The number of hydrogen-bond donors (Lipinski definition) is 0. The van der Waals surface area contributed by atoms with E-state index in [4.69, 9.17) is 4.42 Å². The number of furan rings is 1. The van der Waals surface area contributed by atoms with Gasteiger partial charge in [0.15, 0.2) is 10.4 Å². The number of nitro groups is 1. The van der Waals surface area contributed by atoms with Crippen LogP contribution in [0.3, 0.4) is 0 Å². The van der Waals surface area contributed by atoms with Crippen molar-refractivity contribution < 1.29 is 22.6 Å². The van der Waals surface area contributed by atoms with Gasteiger partial charge in [-0.25, -0.2) is 8.42 Å². The second-order valence-corrected chi connectivity index (χ2v) is 8.27. The second kappa shape index (κ2) is 7.17. The molecule has 26 heavy (non-hydrogen) atoms. The molecule has 0 bridgehead atoms. The molecule has 0 unspecified atom stereocenters. The van der Waals surface area contributed by atoms with E-state index in [0.29, 0.717) is 4.67 Å². The van der Waals surface area contributed by atoms with Crippen LogP contribution in [0.25, 0.3) is 0 Å². The Labute approximate surface area is 157 Å². The van der Waals surface area contributed by atoms with Gasteiger partial charge in [-0.05, 0) is 40.2 Å². The number of amides is 1. The van der Waals surface area contributed by atoms with Gasteiger partial charge in [0.2, 0.25) is 10.0 Å². The van der Waals surface area contributed by atoms with E-state index in [0.717, 1.165) is 12.1 Å². The Kier molecular flexibility index (Phi) is 5.12. The number of non-ortho nitro benzene ring substituents is 1. The van der Waals surface area contributed by atoms with Crippen LogP contribution in [-0.4, -0.2) is 54.6 Å². The SMILES string of the molecule is O=C(c1ccc(Br)o1)N1CCN(S(=O)(=O)c2ccc([N+](=O)[O-])cc2)CC1. The highest BCUT2D eigenvalue weighted by molar-refractivity contribution is 9.10.